The van der Waals surface area contributed by atoms with Gasteiger partial charge in [-0.2, -0.15) is 0 Å². The maximum Gasteiger partial charge on any atom is 0.237 e. The van der Waals surface area contributed by atoms with Crippen molar-refractivity contribution in [3.05, 3.63) is 29.8 Å². The fourth-order valence-corrected chi connectivity index (χ4v) is 2.33. The van der Waals surface area contributed by atoms with E-state index < -0.39 is 0 Å². The third-order valence-electron chi connectivity index (χ3n) is 3.43. The second-order valence-corrected chi connectivity index (χ2v) is 4.88. The average molecular weight is 262 g/mol. The molecule has 0 saturated carbocycles. The number of nitrogens with one attached hydrogen (secondary N) is 2. The number of hydrogen-bond acceptors (Lipinski definition) is 3. The summed E-state index contributed by atoms with van der Waals surface area (Å²) in [5, 5.41) is 6.25. The number of rotatable bonds is 5. The smallest absolute Gasteiger partial charge is 0.237 e. The van der Waals surface area contributed by atoms with Gasteiger partial charge in [-0.3, -0.25) is 4.79 Å². The van der Waals surface area contributed by atoms with Crippen LogP contribution >= 0.6 is 0 Å². The van der Waals surface area contributed by atoms with Gasteiger partial charge in [-0.05, 0) is 50.9 Å². The van der Waals surface area contributed by atoms with E-state index in [4.69, 9.17) is 4.74 Å². The largest absolute Gasteiger partial charge is 0.494 e. The molecule has 0 aliphatic carbocycles. The molecular formula is C15H22N2O2. The number of ether oxygens (including phenoxy) is 1. The fraction of sp³-hybridized carbons (Fsp3) is 0.533. The fourth-order valence-electron chi connectivity index (χ4n) is 2.33. The molecule has 19 heavy (non-hydrogen) atoms. The molecule has 0 radical (unpaired) electrons. The van der Waals surface area contributed by atoms with Crippen molar-refractivity contribution in [3.63, 3.8) is 0 Å². The van der Waals surface area contributed by atoms with Crippen molar-refractivity contribution < 1.29 is 9.53 Å². The van der Waals surface area contributed by atoms with Gasteiger partial charge in [0.1, 0.15) is 5.75 Å². The lowest BCUT2D eigenvalue weighted by Crippen LogP contribution is -2.41. The van der Waals surface area contributed by atoms with E-state index >= 15 is 0 Å². The van der Waals surface area contributed by atoms with E-state index in [2.05, 4.69) is 10.6 Å². The first-order valence-electron chi connectivity index (χ1n) is 6.97. The first-order valence-corrected chi connectivity index (χ1v) is 6.97. The van der Waals surface area contributed by atoms with E-state index in [1.165, 1.54) is 0 Å². The summed E-state index contributed by atoms with van der Waals surface area (Å²) in [5.74, 6) is 0.959. The highest BCUT2D eigenvalue weighted by atomic mass is 16.5. The molecule has 1 aromatic carbocycles. The van der Waals surface area contributed by atoms with Gasteiger partial charge in [-0.15, -0.1) is 0 Å². The Balaban J connectivity index is 1.91. The van der Waals surface area contributed by atoms with Crippen molar-refractivity contribution in [2.75, 3.05) is 13.2 Å². The molecule has 0 unspecified atom stereocenters. The average Bonchev–Trinajstić information content (AvgIpc) is 2.94. The Morgan fingerprint density at radius 2 is 2.21 bits per heavy atom. The predicted molar refractivity (Wildman–Crippen MR) is 75.2 cm³/mol. The van der Waals surface area contributed by atoms with Crippen LogP contribution in [0.5, 0.6) is 5.75 Å². The van der Waals surface area contributed by atoms with Gasteiger partial charge >= 0.3 is 0 Å². The van der Waals surface area contributed by atoms with Crippen LogP contribution in [0.4, 0.5) is 0 Å². The molecule has 2 atom stereocenters. The van der Waals surface area contributed by atoms with Crippen LogP contribution < -0.4 is 15.4 Å². The monoisotopic (exact) mass is 262 g/mol. The maximum atomic E-state index is 12.0. The van der Waals surface area contributed by atoms with E-state index in [9.17, 15) is 4.79 Å². The molecule has 1 aromatic rings. The molecule has 2 N–H and O–H groups in total. The Labute approximate surface area is 114 Å². The van der Waals surface area contributed by atoms with Crippen LogP contribution in [-0.2, 0) is 4.79 Å². The predicted octanol–water partition coefficient (Wildman–Crippen LogP) is 2.01. The SMILES string of the molecule is CCOc1ccc([C@@H](C)NC(=O)[C@@H]2CCCN2)cc1. The van der Waals surface area contributed by atoms with Crippen LogP contribution in [-0.4, -0.2) is 25.1 Å². The first kappa shape index (κ1) is 13.9. The van der Waals surface area contributed by atoms with Crippen molar-refractivity contribution in [2.24, 2.45) is 0 Å². The Morgan fingerprint density at radius 3 is 2.79 bits per heavy atom. The quantitative estimate of drug-likeness (QED) is 0.853. The van der Waals surface area contributed by atoms with E-state index in [1.807, 2.05) is 38.1 Å². The van der Waals surface area contributed by atoms with Gasteiger partial charge in [0.15, 0.2) is 0 Å². The van der Waals surface area contributed by atoms with Gasteiger partial charge in [0.05, 0.1) is 18.7 Å². The van der Waals surface area contributed by atoms with Crippen LogP contribution in [0.25, 0.3) is 0 Å². The van der Waals surface area contributed by atoms with Crippen LogP contribution in [0.1, 0.15) is 38.3 Å². The third kappa shape index (κ3) is 3.70. The lowest BCUT2D eigenvalue weighted by atomic mass is 10.1. The Hall–Kier alpha value is -1.55. The molecule has 0 bridgehead atoms. The summed E-state index contributed by atoms with van der Waals surface area (Å²) >= 11 is 0. The zero-order valence-corrected chi connectivity index (χ0v) is 11.6. The number of benzene rings is 1. The zero-order valence-electron chi connectivity index (χ0n) is 11.6. The van der Waals surface area contributed by atoms with Crippen LogP contribution in [0.3, 0.4) is 0 Å². The molecule has 104 valence electrons. The highest BCUT2D eigenvalue weighted by Crippen LogP contribution is 2.18. The minimum atomic E-state index is -0.0230. The van der Waals surface area contributed by atoms with Gasteiger partial charge < -0.3 is 15.4 Å². The van der Waals surface area contributed by atoms with Crippen molar-refractivity contribution in [2.45, 2.75) is 38.8 Å². The van der Waals surface area contributed by atoms with Crippen molar-refractivity contribution in [1.29, 1.82) is 0 Å². The van der Waals surface area contributed by atoms with E-state index in [-0.39, 0.29) is 18.0 Å². The standard InChI is InChI=1S/C15H22N2O2/c1-3-19-13-8-6-12(7-9-13)11(2)17-15(18)14-5-4-10-16-14/h6-9,11,14,16H,3-5,10H2,1-2H3,(H,17,18)/t11-,14+/m1/s1. The summed E-state index contributed by atoms with van der Waals surface area (Å²) in [4.78, 5) is 12.0. The molecular weight excluding hydrogens is 240 g/mol. The second-order valence-electron chi connectivity index (χ2n) is 4.88. The summed E-state index contributed by atoms with van der Waals surface area (Å²) in [6, 6.07) is 7.87. The summed E-state index contributed by atoms with van der Waals surface area (Å²) in [6.07, 6.45) is 2.01. The molecule has 1 amide bonds. The van der Waals surface area contributed by atoms with E-state index in [0.717, 1.165) is 30.7 Å². The van der Waals surface area contributed by atoms with E-state index in [0.29, 0.717) is 6.61 Å². The van der Waals surface area contributed by atoms with Crippen molar-refractivity contribution >= 4 is 5.91 Å². The van der Waals surface area contributed by atoms with Crippen LogP contribution in [0.15, 0.2) is 24.3 Å². The molecule has 1 fully saturated rings. The summed E-state index contributed by atoms with van der Waals surface area (Å²) in [5.41, 5.74) is 1.09. The number of carbonyl (C=O) groups is 1. The second kappa shape index (κ2) is 6.57. The number of amides is 1. The lowest BCUT2D eigenvalue weighted by molar-refractivity contribution is -0.123. The third-order valence-corrected chi connectivity index (χ3v) is 3.43. The molecule has 4 nitrogen and oxygen atoms in total. The first-order chi connectivity index (χ1) is 9.20. The topological polar surface area (TPSA) is 50.4 Å². The molecule has 4 heteroatoms. The van der Waals surface area contributed by atoms with Gasteiger partial charge in [0, 0.05) is 0 Å². The van der Waals surface area contributed by atoms with Crippen molar-refractivity contribution in [1.82, 2.24) is 10.6 Å². The maximum absolute atomic E-state index is 12.0. The number of carbonyl (C=O) groups excluding carboxylic acids is 1. The minimum absolute atomic E-state index is 0.0191. The molecule has 1 aliphatic rings. The van der Waals surface area contributed by atoms with Gasteiger partial charge in [0.2, 0.25) is 5.91 Å². The Morgan fingerprint density at radius 1 is 1.47 bits per heavy atom. The molecule has 1 heterocycles. The normalized spacial score (nSPS) is 20.0. The highest BCUT2D eigenvalue weighted by Gasteiger charge is 2.23. The van der Waals surface area contributed by atoms with Crippen LogP contribution in [0, 0.1) is 0 Å². The molecule has 1 aliphatic heterocycles. The zero-order chi connectivity index (χ0) is 13.7. The molecule has 2 rings (SSSR count). The van der Waals surface area contributed by atoms with E-state index in [1.54, 1.807) is 0 Å². The Kier molecular flexibility index (Phi) is 4.80. The molecule has 1 saturated heterocycles. The van der Waals surface area contributed by atoms with Gasteiger partial charge in [-0.25, -0.2) is 0 Å². The van der Waals surface area contributed by atoms with Gasteiger partial charge in [0.25, 0.3) is 0 Å². The van der Waals surface area contributed by atoms with Crippen LogP contribution in [0.2, 0.25) is 0 Å². The van der Waals surface area contributed by atoms with Gasteiger partial charge in [-0.1, -0.05) is 12.1 Å². The minimum Gasteiger partial charge on any atom is -0.494 e. The summed E-state index contributed by atoms with van der Waals surface area (Å²) in [7, 11) is 0. The highest BCUT2D eigenvalue weighted by molar-refractivity contribution is 5.82. The summed E-state index contributed by atoms with van der Waals surface area (Å²) < 4.78 is 5.41. The number of hydrogen-bond donors (Lipinski definition) is 2. The molecule has 0 spiro atoms. The molecule has 0 aromatic heterocycles. The summed E-state index contributed by atoms with van der Waals surface area (Å²) in [6.45, 7) is 5.57. The lowest BCUT2D eigenvalue weighted by Gasteiger charge is -2.18. The Bertz CT molecular complexity index is 411. The van der Waals surface area contributed by atoms with Crippen molar-refractivity contribution in [3.8, 4) is 5.75 Å².